The standard InChI is InChI=1S/C13H14F2N2O2S2/c1-8-13(6-10(20-8)7-16-2)21(18,19)17-12-4-3-9(14)5-11(12)15/h3-6,16-17H,7H2,1-2H3. The number of nitrogens with one attached hydrogen (secondary N) is 2. The Morgan fingerprint density at radius 3 is 2.57 bits per heavy atom. The zero-order chi connectivity index (χ0) is 15.6. The Kier molecular flexibility index (Phi) is 4.60. The highest BCUT2D eigenvalue weighted by atomic mass is 32.2. The van der Waals surface area contributed by atoms with Crippen LogP contribution in [0.4, 0.5) is 14.5 Å². The quantitative estimate of drug-likeness (QED) is 0.885. The molecule has 0 aliphatic rings. The summed E-state index contributed by atoms with van der Waals surface area (Å²) in [7, 11) is -2.15. The van der Waals surface area contributed by atoms with E-state index in [0.717, 1.165) is 17.0 Å². The van der Waals surface area contributed by atoms with Gasteiger partial charge in [-0.2, -0.15) is 0 Å². The molecule has 0 aliphatic heterocycles. The summed E-state index contributed by atoms with van der Waals surface area (Å²) in [4.78, 5) is 1.56. The molecule has 21 heavy (non-hydrogen) atoms. The van der Waals surface area contributed by atoms with E-state index in [1.54, 1.807) is 20.0 Å². The van der Waals surface area contributed by atoms with Crippen molar-refractivity contribution in [2.24, 2.45) is 0 Å². The minimum Gasteiger partial charge on any atom is -0.315 e. The molecular weight excluding hydrogens is 318 g/mol. The minimum absolute atomic E-state index is 0.0986. The number of sulfonamides is 1. The maximum atomic E-state index is 13.5. The van der Waals surface area contributed by atoms with E-state index >= 15 is 0 Å². The predicted molar refractivity (Wildman–Crippen MR) is 79.0 cm³/mol. The van der Waals surface area contributed by atoms with Gasteiger partial charge in [-0.15, -0.1) is 11.3 Å². The van der Waals surface area contributed by atoms with Crippen LogP contribution in [0.25, 0.3) is 0 Å². The van der Waals surface area contributed by atoms with E-state index in [-0.39, 0.29) is 10.6 Å². The monoisotopic (exact) mass is 332 g/mol. The Balaban J connectivity index is 2.34. The summed E-state index contributed by atoms with van der Waals surface area (Å²) in [6.45, 7) is 2.23. The van der Waals surface area contributed by atoms with Crippen LogP contribution >= 0.6 is 11.3 Å². The van der Waals surface area contributed by atoms with E-state index in [1.807, 2.05) is 0 Å². The van der Waals surface area contributed by atoms with Crippen molar-refractivity contribution < 1.29 is 17.2 Å². The van der Waals surface area contributed by atoms with Gasteiger partial charge in [0.15, 0.2) is 0 Å². The Hall–Kier alpha value is -1.51. The first-order valence-corrected chi connectivity index (χ1v) is 8.35. The maximum absolute atomic E-state index is 13.5. The van der Waals surface area contributed by atoms with Crippen molar-refractivity contribution in [2.75, 3.05) is 11.8 Å². The third-order valence-electron chi connectivity index (χ3n) is 2.74. The molecule has 0 radical (unpaired) electrons. The first kappa shape index (κ1) is 15.9. The van der Waals surface area contributed by atoms with Gasteiger partial charge in [0, 0.05) is 22.4 Å². The SMILES string of the molecule is CNCc1cc(S(=O)(=O)Nc2ccc(F)cc2F)c(C)s1. The van der Waals surface area contributed by atoms with Gasteiger partial charge in [-0.1, -0.05) is 0 Å². The highest BCUT2D eigenvalue weighted by Crippen LogP contribution is 2.28. The van der Waals surface area contributed by atoms with Crippen molar-refractivity contribution in [1.29, 1.82) is 0 Å². The Labute approximate surface area is 125 Å². The number of anilines is 1. The van der Waals surface area contributed by atoms with Crippen LogP contribution in [-0.4, -0.2) is 15.5 Å². The van der Waals surface area contributed by atoms with Gasteiger partial charge in [0.2, 0.25) is 0 Å². The van der Waals surface area contributed by atoms with Crippen molar-refractivity contribution in [3.8, 4) is 0 Å². The second-order valence-corrected chi connectivity index (χ2v) is 7.38. The van der Waals surface area contributed by atoms with Crippen molar-refractivity contribution in [2.45, 2.75) is 18.4 Å². The summed E-state index contributed by atoms with van der Waals surface area (Å²) < 4.78 is 53.1. The van der Waals surface area contributed by atoms with Crippen LogP contribution in [0, 0.1) is 18.6 Å². The summed E-state index contributed by atoms with van der Waals surface area (Å²) in [5.41, 5.74) is -0.280. The van der Waals surface area contributed by atoms with Crippen molar-refractivity contribution in [1.82, 2.24) is 5.32 Å². The predicted octanol–water partition coefficient (Wildman–Crippen LogP) is 2.85. The topological polar surface area (TPSA) is 58.2 Å². The van der Waals surface area contributed by atoms with Crippen LogP contribution in [-0.2, 0) is 16.6 Å². The van der Waals surface area contributed by atoms with E-state index < -0.39 is 21.7 Å². The number of thiophene rings is 1. The van der Waals surface area contributed by atoms with Gasteiger partial charge < -0.3 is 5.32 Å². The molecule has 2 N–H and O–H groups in total. The molecule has 1 aromatic carbocycles. The molecule has 0 fully saturated rings. The molecule has 0 aliphatic carbocycles. The molecule has 2 aromatic rings. The molecule has 0 unspecified atom stereocenters. The molecule has 1 heterocycles. The first-order valence-electron chi connectivity index (χ1n) is 6.05. The first-order chi connectivity index (χ1) is 9.83. The lowest BCUT2D eigenvalue weighted by Crippen LogP contribution is -2.14. The van der Waals surface area contributed by atoms with Crippen LogP contribution in [0.15, 0.2) is 29.2 Å². The molecule has 0 saturated heterocycles. The minimum atomic E-state index is -3.91. The van der Waals surface area contributed by atoms with Crippen LogP contribution in [0.2, 0.25) is 0 Å². The van der Waals surface area contributed by atoms with Gasteiger partial charge >= 0.3 is 0 Å². The fourth-order valence-corrected chi connectivity index (χ4v) is 4.54. The molecule has 0 bridgehead atoms. The van der Waals surface area contributed by atoms with Crippen molar-refractivity contribution >= 4 is 27.0 Å². The Morgan fingerprint density at radius 1 is 1.24 bits per heavy atom. The highest BCUT2D eigenvalue weighted by molar-refractivity contribution is 7.93. The summed E-state index contributed by atoms with van der Waals surface area (Å²) in [6, 6.07) is 4.22. The molecule has 114 valence electrons. The highest BCUT2D eigenvalue weighted by Gasteiger charge is 2.21. The fourth-order valence-electron chi connectivity index (χ4n) is 1.82. The molecule has 1 aromatic heterocycles. The van der Waals surface area contributed by atoms with Gasteiger partial charge in [0.1, 0.15) is 16.5 Å². The lowest BCUT2D eigenvalue weighted by molar-refractivity contribution is 0.582. The van der Waals surface area contributed by atoms with Gasteiger partial charge in [0.05, 0.1) is 5.69 Å². The van der Waals surface area contributed by atoms with Gasteiger partial charge in [0.25, 0.3) is 10.0 Å². The number of halogens is 2. The van der Waals surface area contributed by atoms with Crippen LogP contribution in [0.1, 0.15) is 9.75 Å². The number of hydrogen-bond donors (Lipinski definition) is 2. The Morgan fingerprint density at radius 2 is 1.95 bits per heavy atom. The van der Waals surface area contributed by atoms with Crippen molar-refractivity contribution in [3.05, 3.63) is 45.7 Å². The molecule has 2 rings (SSSR count). The van der Waals surface area contributed by atoms with Gasteiger partial charge in [-0.25, -0.2) is 17.2 Å². The number of hydrogen-bond acceptors (Lipinski definition) is 4. The van der Waals surface area contributed by atoms with E-state index in [9.17, 15) is 17.2 Å². The molecule has 0 saturated carbocycles. The normalized spacial score (nSPS) is 11.6. The van der Waals surface area contributed by atoms with Gasteiger partial charge in [-0.3, -0.25) is 4.72 Å². The van der Waals surface area contributed by atoms with E-state index in [4.69, 9.17) is 0 Å². The average Bonchev–Trinajstić information content (AvgIpc) is 2.75. The molecule has 4 nitrogen and oxygen atoms in total. The van der Waals surface area contributed by atoms with Gasteiger partial charge in [-0.05, 0) is 32.2 Å². The second kappa shape index (κ2) is 6.08. The summed E-state index contributed by atoms with van der Waals surface area (Å²) >= 11 is 1.35. The lowest BCUT2D eigenvalue weighted by Gasteiger charge is -2.08. The molecular formula is C13H14F2N2O2S2. The van der Waals surface area contributed by atoms with E-state index in [2.05, 4.69) is 10.0 Å². The number of benzene rings is 1. The molecule has 8 heteroatoms. The largest absolute Gasteiger partial charge is 0.315 e. The fraction of sp³-hybridized carbons (Fsp3) is 0.231. The molecule has 0 spiro atoms. The molecule has 0 amide bonds. The second-order valence-electron chi connectivity index (χ2n) is 4.39. The lowest BCUT2D eigenvalue weighted by atomic mass is 10.3. The Bertz CT molecular complexity index is 758. The number of rotatable bonds is 5. The summed E-state index contributed by atoms with van der Waals surface area (Å²) in [5.74, 6) is -1.72. The third kappa shape index (κ3) is 3.58. The smallest absolute Gasteiger partial charge is 0.263 e. The van der Waals surface area contributed by atoms with Crippen LogP contribution < -0.4 is 10.0 Å². The summed E-state index contributed by atoms with van der Waals surface area (Å²) in [6.07, 6.45) is 0. The zero-order valence-corrected chi connectivity index (χ0v) is 13.0. The zero-order valence-electron chi connectivity index (χ0n) is 11.4. The molecule has 0 atom stereocenters. The van der Waals surface area contributed by atoms with E-state index in [1.165, 1.54) is 11.3 Å². The third-order valence-corrected chi connectivity index (χ3v) is 5.41. The number of aryl methyl sites for hydroxylation is 1. The van der Waals surface area contributed by atoms with Crippen LogP contribution in [0.3, 0.4) is 0 Å². The average molecular weight is 332 g/mol. The van der Waals surface area contributed by atoms with Crippen LogP contribution in [0.5, 0.6) is 0 Å². The maximum Gasteiger partial charge on any atom is 0.263 e. The van der Waals surface area contributed by atoms with Crippen molar-refractivity contribution in [3.63, 3.8) is 0 Å². The summed E-state index contributed by atoms with van der Waals surface area (Å²) in [5, 5.41) is 2.93. The van der Waals surface area contributed by atoms with E-state index in [0.29, 0.717) is 17.5 Å².